The first-order valence-corrected chi connectivity index (χ1v) is 7.30. The molecule has 20 heavy (non-hydrogen) atoms. The van der Waals surface area contributed by atoms with E-state index in [-0.39, 0.29) is 5.97 Å². The molecule has 1 heterocycles. The molecular weight excluding hydrogens is 252 g/mol. The minimum absolute atomic E-state index is 0.0842. The Labute approximate surface area is 119 Å². The van der Waals surface area contributed by atoms with Gasteiger partial charge in [0.05, 0.1) is 17.6 Å². The van der Waals surface area contributed by atoms with E-state index in [0.29, 0.717) is 13.0 Å². The van der Waals surface area contributed by atoms with Gasteiger partial charge in [0, 0.05) is 13.0 Å². The van der Waals surface area contributed by atoms with Gasteiger partial charge in [0.2, 0.25) is 0 Å². The van der Waals surface area contributed by atoms with Crippen molar-refractivity contribution >= 4 is 17.0 Å². The monoisotopic (exact) mass is 274 g/mol. The van der Waals surface area contributed by atoms with Gasteiger partial charge >= 0.3 is 5.97 Å². The number of unbranched alkanes of at least 4 members (excludes halogenated alkanes) is 1. The number of aryl methyl sites for hydroxylation is 2. The highest BCUT2D eigenvalue weighted by atomic mass is 16.5. The molecule has 0 atom stereocenters. The van der Waals surface area contributed by atoms with Crippen LogP contribution in [0.5, 0.6) is 0 Å². The number of carbonyl (C=O) groups is 1. The van der Waals surface area contributed by atoms with Gasteiger partial charge in [0.1, 0.15) is 5.82 Å². The van der Waals surface area contributed by atoms with Gasteiger partial charge in [-0.05, 0) is 31.9 Å². The summed E-state index contributed by atoms with van der Waals surface area (Å²) in [4.78, 5) is 15.9. The molecule has 0 aliphatic heterocycles. The van der Waals surface area contributed by atoms with Crippen molar-refractivity contribution in [2.24, 2.45) is 0 Å². The first kappa shape index (κ1) is 14.6. The second-order valence-electron chi connectivity index (χ2n) is 4.98. The second kappa shape index (κ2) is 7.08. The van der Waals surface area contributed by atoms with E-state index in [2.05, 4.69) is 22.5 Å². The molecule has 0 N–H and O–H groups in total. The second-order valence-corrected chi connectivity index (χ2v) is 4.98. The van der Waals surface area contributed by atoms with Crippen molar-refractivity contribution in [3.63, 3.8) is 0 Å². The van der Waals surface area contributed by atoms with Crippen LogP contribution >= 0.6 is 0 Å². The fraction of sp³-hybridized carbons (Fsp3) is 0.500. The maximum atomic E-state index is 11.4. The molecular formula is C16H22N2O2. The number of fused-ring (bicyclic) bond motifs is 1. The van der Waals surface area contributed by atoms with Gasteiger partial charge < -0.3 is 9.30 Å². The summed E-state index contributed by atoms with van der Waals surface area (Å²) in [5.74, 6) is 0.919. The number of hydrogen-bond acceptors (Lipinski definition) is 3. The number of aromatic nitrogens is 2. The van der Waals surface area contributed by atoms with Crippen molar-refractivity contribution < 1.29 is 9.53 Å². The zero-order chi connectivity index (χ0) is 14.4. The Morgan fingerprint density at radius 1 is 1.30 bits per heavy atom. The fourth-order valence-corrected chi connectivity index (χ4v) is 2.28. The quantitative estimate of drug-likeness (QED) is 0.573. The third kappa shape index (κ3) is 3.59. The highest BCUT2D eigenvalue weighted by Gasteiger charge is 2.06. The summed E-state index contributed by atoms with van der Waals surface area (Å²) in [5.41, 5.74) is 2.16. The lowest BCUT2D eigenvalue weighted by atomic mass is 10.2. The van der Waals surface area contributed by atoms with Gasteiger partial charge in [-0.1, -0.05) is 25.5 Å². The number of esters is 1. The molecule has 2 rings (SSSR count). The lowest BCUT2D eigenvalue weighted by molar-refractivity contribution is -0.143. The molecule has 1 aromatic heterocycles. The predicted molar refractivity (Wildman–Crippen MR) is 79.6 cm³/mol. The van der Waals surface area contributed by atoms with Crippen LogP contribution in [-0.2, 0) is 16.1 Å². The molecule has 0 amide bonds. The largest absolute Gasteiger partial charge is 0.466 e. The summed E-state index contributed by atoms with van der Waals surface area (Å²) >= 11 is 0. The maximum Gasteiger partial charge on any atom is 0.305 e. The van der Waals surface area contributed by atoms with E-state index < -0.39 is 0 Å². The van der Waals surface area contributed by atoms with Crippen LogP contribution in [0.1, 0.15) is 38.4 Å². The Balaban J connectivity index is 1.84. The third-order valence-electron chi connectivity index (χ3n) is 3.37. The number of hydrogen-bond donors (Lipinski definition) is 0. The van der Waals surface area contributed by atoms with Gasteiger partial charge in [0.25, 0.3) is 0 Å². The zero-order valence-corrected chi connectivity index (χ0v) is 12.3. The maximum absolute atomic E-state index is 11.4. The molecule has 0 fully saturated rings. The molecule has 0 aliphatic carbocycles. The lowest BCUT2D eigenvalue weighted by Gasteiger charge is -2.07. The number of imidazole rings is 1. The van der Waals surface area contributed by atoms with Crippen LogP contribution in [0.15, 0.2) is 24.3 Å². The minimum Gasteiger partial charge on any atom is -0.466 e. The third-order valence-corrected chi connectivity index (χ3v) is 3.37. The standard InChI is InChI=1S/C16H22N2O2/c1-3-4-10-16(19)20-12-7-11-18-13(2)17-14-8-5-6-9-15(14)18/h5-6,8-9H,3-4,7,10-12H2,1-2H3. The molecule has 4 nitrogen and oxygen atoms in total. The van der Waals surface area contributed by atoms with Gasteiger partial charge in [-0.25, -0.2) is 4.98 Å². The molecule has 1 aromatic carbocycles. The molecule has 2 aromatic rings. The van der Waals surface area contributed by atoms with Crippen LogP contribution in [0.4, 0.5) is 0 Å². The number of para-hydroxylation sites is 2. The van der Waals surface area contributed by atoms with Crippen molar-refractivity contribution in [1.29, 1.82) is 0 Å². The fourth-order valence-electron chi connectivity index (χ4n) is 2.28. The summed E-state index contributed by atoms with van der Waals surface area (Å²) in [5, 5.41) is 0. The van der Waals surface area contributed by atoms with Crippen molar-refractivity contribution in [2.45, 2.75) is 46.1 Å². The molecule has 0 bridgehead atoms. The number of benzene rings is 1. The summed E-state index contributed by atoms with van der Waals surface area (Å²) < 4.78 is 7.40. The zero-order valence-electron chi connectivity index (χ0n) is 12.3. The van der Waals surface area contributed by atoms with Crippen molar-refractivity contribution in [2.75, 3.05) is 6.61 Å². The average Bonchev–Trinajstić information content (AvgIpc) is 2.77. The predicted octanol–water partition coefficient (Wildman–Crippen LogP) is 3.47. The van der Waals surface area contributed by atoms with E-state index in [4.69, 9.17) is 4.74 Å². The van der Waals surface area contributed by atoms with Gasteiger partial charge in [0.15, 0.2) is 0 Å². The number of carbonyl (C=O) groups excluding carboxylic acids is 1. The smallest absolute Gasteiger partial charge is 0.305 e. The topological polar surface area (TPSA) is 44.1 Å². The molecule has 108 valence electrons. The minimum atomic E-state index is -0.0842. The molecule has 0 radical (unpaired) electrons. The molecule has 0 saturated heterocycles. The molecule has 0 saturated carbocycles. The van der Waals surface area contributed by atoms with Crippen LogP contribution in [0.25, 0.3) is 11.0 Å². The Kier molecular flexibility index (Phi) is 5.16. The Morgan fingerprint density at radius 2 is 2.10 bits per heavy atom. The highest BCUT2D eigenvalue weighted by molar-refractivity contribution is 5.75. The van der Waals surface area contributed by atoms with Gasteiger partial charge in [-0.15, -0.1) is 0 Å². The molecule has 0 spiro atoms. The van der Waals surface area contributed by atoms with E-state index in [1.54, 1.807) is 0 Å². The summed E-state index contributed by atoms with van der Waals surface area (Å²) in [6.45, 7) is 5.38. The Bertz CT molecular complexity index is 575. The van der Waals surface area contributed by atoms with Crippen molar-refractivity contribution in [3.05, 3.63) is 30.1 Å². The SMILES string of the molecule is CCCCC(=O)OCCCn1c(C)nc2ccccc21. The number of nitrogens with zero attached hydrogens (tertiary/aromatic N) is 2. The molecule has 4 heteroatoms. The molecule has 0 aliphatic rings. The summed E-state index contributed by atoms with van der Waals surface area (Å²) in [7, 11) is 0. The van der Waals surface area contributed by atoms with E-state index in [1.807, 2.05) is 25.1 Å². The number of rotatable bonds is 7. The van der Waals surface area contributed by atoms with Crippen LogP contribution < -0.4 is 0 Å². The Morgan fingerprint density at radius 3 is 2.90 bits per heavy atom. The van der Waals surface area contributed by atoms with E-state index >= 15 is 0 Å². The lowest BCUT2D eigenvalue weighted by Crippen LogP contribution is -2.09. The normalized spacial score (nSPS) is 10.9. The highest BCUT2D eigenvalue weighted by Crippen LogP contribution is 2.15. The Hall–Kier alpha value is -1.84. The first-order chi connectivity index (χ1) is 9.72. The molecule has 0 unspecified atom stereocenters. The van der Waals surface area contributed by atoms with Gasteiger partial charge in [-0.3, -0.25) is 4.79 Å². The van der Waals surface area contributed by atoms with Crippen LogP contribution in [0.3, 0.4) is 0 Å². The van der Waals surface area contributed by atoms with Crippen LogP contribution in [-0.4, -0.2) is 22.1 Å². The van der Waals surface area contributed by atoms with Crippen LogP contribution in [0.2, 0.25) is 0 Å². The summed E-state index contributed by atoms with van der Waals surface area (Å²) in [6, 6.07) is 8.10. The summed E-state index contributed by atoms with van der Waals surface area (Å²) in [6.07, 6.45) is 3.28. The van der Waals surface area contributed by atoms with E-state index in [0.717, 1.165) is 42.7 Å². The first-order valence-electron chi connectivity index (χ1n) is 7.30. The average molecular weight is 274 g/mol. The van der Waals surface area contributed by atoms with Crippen molar-refractivity contribution in [1.82, 2.24) is 9.55 Å². The van der Waals surface area contributed by atoms with E-state index in [9.17, 15) is 4.79 Å². The van der Waals surface area contributed by atoms with Crippen molar-refractivity contribution in [3.8, 4) is 0 Å². The van der Waals surface area contributed by atoms with Crippen LogP contribution in [0, 0.1) is 6.92 Å². The number of ether oxygens (including phenoxy) is 1. The van der Waals surface area contributed by atoms with E-state index in [1.165, 1.54) is 0 Å². The van der Waals surface area contributed by atoms with Gasteiger partial charge in [-0.2, -0.15) is 0 Å².